The fourth-order valence-corrected chi connectivity index (χ4v) is 1.82. The number of carbonyl (C=O) groups excluding carboxylic acids is 1. The van der Waals surface area contributed by atoms with Crippen LogP contribution in [0, 0.1) is 0 Å². The van der Waals surface area contributed by atoms with Gasteiger partial charge in [0.25, 0.3) is 0 Å². The Balaban J connectivity index is 3.26. The molecule has 0 saturated heterocycles. The summed E-state index contributed by atoms with van der Waals surface area (Å²) in [5.41, 5.74) is 0.323. The average molecular weight is 268 g/mol. The summed E-state index contributed by atoms with van der Waals surface area (Å²) in [5.74, 6) is -0.0461. The first kappa shape index (κ1) is 12.6. The number of halogens is 3. The summed E-state index contributed by atoms with van der Waals surface area (Å²) < 4.78 is 5.28. The minimum atomic E-state index is -0.260. The van der Waals surface area contributed by atoms with E-state index in [1.54, 1.807) is 6.92 Å². The van der Waals surface area contributed by atoms with Crippen molar-refractivity contribution in [3.8, 4) is 5.75 Å². The highest BCUT2D eigenvalue weighted by Crippen LogP contribution is 2.32. The fraction of sp³-hybridized carbons (Fsp3) is 0.300. The van der Waals surface area contributed by atoms with Crippen LogP contribution in [0.15, 0.2) is 12.1 Å². The van der Waals surface area contributed by atoms with Gasteiger partial charge in [-0.15, -0.1) is 11.6 Å². The van der Waals surface area contributed by atoms with E-state index in [4.69, 9.17) is 39.5 Å². The van der Waals surface area contributed by atoms with E-state index >= 15 is 0 Å². The smallest absolute Gasteiger partial charge is 0.181 e. The number of alkyl halides is 1. The van der Waals surface area contributed by atoms with Gasteiger partial charge in [-0.1, -0.05) is 23.2 Å². The molecule has 0 amide bonds. The first-order valence-electron chi connectivity index (χ1n) is 4.31. The Morgan fingerprint density at radius 1 is 1.40 bits per heavy atom. The highest BCUT2D eigenvalue weighted by molar-refractivity contribution is 6.37. The Labute approximate surface area is 103 Å². The zero-order valence-corrected chi connectivity index (χ0v) is 10.3. The molecule has 0 aliphatic heterocycles. The van der Waals surface area contributed by atoms with Crippen LogP contribution >= 0.6 is 34.8 Å². The first-order chi connectivity index (χ1) is 7.10. The summed E-state index contributed by atoms with van der Waals surface area (Å²) in [7, 11) is 0. The van der Waals surface area contributed by atoms with Crippen molar-refractivity contribution in [2.45, 2.75) is 6.92 Å². The number of rotatable bonds is 4. The lowest BCUT2D eigenvalue weighted by atomic mass is 10.1. The Hall–Kier alpha value is -0.440. The fourth-order valence-electron chi connectivity index (χ4n) is 1.13. The summed E-state index contributed by atoms with van der Waals surface area (Å²) in [4.78, 5) is 11.5. The number of benzene rings is 1. The van der Waals surface area contributed by atoms with E-state index in [0.29, 0.717) is 28.0 Å². The molecule has 0 atom stereocenters. The van der Waals surface area contributed by atoms with Crippen LogP contribution in [0.2, 0.25) is 10.0 Å². The van der Waals surface area contributed by atoms with E-state index in [9.17, 15) is 4.79 Å². The molecule has 82 valence electrons. The van der Waals surface area contributed by atoms with Gasteiger partial charge < -0.3 is 4.74 Å². The van der Waals surface area contributed by atoms with Crippen molar-refractivity contribution in [1.82, 2.24) is 0 Å². The summed E-state index contributed by atoms with van der Waals surface area (Å²) in [6, 6.07) is 3.03. The molecule has 1 aromatic carbocycles. The van der Waals surface area contributed by atoms with Crippen LogP contribution in [0.4, 0.5) is 0 Å². The number of hydrogen-bond acceptors (Lipinski definition) is 2. The van der Waals surface area contributed by atoms with Crippen molar-refractivity contribution >= 4 is 40.6 Å². The zero-order valence-electron chi connectivity index (χ0n) is 8.02. The Bertz CT molecular complexity index is 377. The molecule has 5 heteroatoms. The van der Waals surface area contributed by atoms with Gasteiger partial charge in [0.1, 0.15) is 5.75 Å². The molecule has 2 nitrogen and oxygen atoms in total. The number of Topliss-reactive ketones (excluding diaryl/α,β-unsaturated/α-hetero) is 1. The number of ether oxygens (including phenoxy) is 1. The van der Waals surface area contributed by atoms with Crippen molar-refractivity contribution in [3.63, 3.8) is 0 Å². The second-order valence-electron chi connectivity index (χ2n) is 2.75. The molecule has 1 rings (SSSR count). The number of ketones is 1. The third kappa shape index (κ3) is 3.00. The monoisotopic (exact) mass is 266 g/mol. The van der Waals surface area contributed by atoms with Gasteiger partial charge in [0.05, 0.1) is 23.1 Å². The van der Waals surface area contributed by atoms with Crippen molar-refractivity contribution in [1.29, 1.82) is 0 Å². The third-order valence-electron chi connectivity index (χ3n) is 1.72. The third-order valence-corrected chi connectivity index (χ3v) is 2.46. The molecule has 0 unspecified atom stereocenters. The second-order valence-corrected chi connectivity index (χ2v) is 3.87. The van der Waals surface area contributed by atoms with Gasteiger partial charge in [0.2, 0.25) is 0 Å². The summed E-state index contributed by atoms with van der Waals surface area (Å²) in [6.07, 6.45) is 0. The molecular weight excluding hydrogens is 258 g/mol. The largest absolute Gasteiger partial charge is 0.492 e. The van der Waals surface area contributed by atoms with Gasteiger partial charge in [0.15, 0.2) is 5.78 Å². The molecule has 0 radical (unpaired) electrons. The maximum absolute atomic E-state index is 11.5. The molecule has 1 aromatic rings. The van der Waals surface area contributed by atoms with Crippen LogP contribution in [0.5, 0.6) is 5.75 Å². The lowest BCUT2D eigenvalue weighted by Crippen LogP contribution is -2.05. The van der Waals surface area contributed by atoms with Crippen LogP contribution in [0.1, 0.15) is 17.3 Å². The Morgan fingerprint density at radius 2 is 2.07 bits per heavy atom. The van der Waals surface area contributed by atoms with E-state index in [1.165, 1.54) is 12.1 Å². The minimum absolute atomic E-state index is 0.128. The molecule has 0 aliphatic rings. The molecule has 0 fully saturated rings. The van der Waals surface area contributed by atoms with Crippen LogP contribution in [0.25, 0.3) is 0 Å². The van der Waals surface area contributed by atoms with Crippen molar-refractivity contribution < 1.29 is 9.53 Å². The predicted molar refractivity (Wildman–Crippen MR) is 62.7 cm³/mol. The van der Waals surface area contributed by atoms with Crippen LogP contribution in [-0.2, 0) is 0 Å². The normalized spacial score (nSPS) is 10.1. The van der Waals surface area contributed by atoms with E-state index in [1.807, 2.05) is 0 Å². The first-order valence-corrected chi connectivity index (χ1v) is 5.60. The van der Waals surface area contributed by atoms with Crippen LogP contribution < -0.4 is 4.74 Å². The standard InChI is InChI=1S/C10H9Cl3O2/c1-2-15-10-7(9(14)5-11)3-6(12)4-8(10)13/h3-4H,2,5H2,1H3. The average Bonchev–Trinajstić information content (AvgIpc) is 2.20. The molecule has 0 aliphatic carbocycles. The molecule has 0 bridgehead atoms. The van der Waals surface area contributed by atoms with Crippen molar-refractivity contribution in [2.75, 3.05) is 12.5 Å². The highest BCUT2D eigenvalue weighted by Gasteiger charge is 2.16. The van der Waals surface area contributed by atoms with Gasteiger partial charge in [-0.2, -0.15) is 0 Å². The molecule has 0 aromatic heterocycles. The Kier molecular flexibility index (Phi) is 4.71. The van der Waals surface area contributed by atoms with Gasteiger partial charge in [-0.3, -0.25) is 4.79 Å². The lowest BCUT2D eigenvalue weighted by molar-refractivity contribution is 0.101. The highest BCUT2D eigenvalue weighted by atomic mass is 35.5. The number of carbonyl (C=O) groups is 1. The van der Waals surface area contributed by atoms with Crippen molar-refractivity contribution in [2.24, 2.45) is 0 Å². The van der Waals surface area contributed by atoms with Gasteiger partial charge in [0, 0.05) is 5.02 Å². The van der Waals surface area contributed by atoms with Gasteiger partial charge in [-0.05, 0) is 19.1 Å². The van der Waals surface area contributed by atoms with Crippen molar-refractivity contribution in [3.05, 3.63) is 27.7 Å². The van der Waals surface area contributed by atoms with E-state index in [0.717, 1.165) is 0 Å². The molecule has 0 heterocycles. The minimum Gasteiger partial charge on any atom is -0.492 e. The van der Waals surface area contributed by atoms with Gasteiger partial charge >= 0.3 is 0 Å². The number of hydrogen-bond donors (Lipinski definition) is 0. The molecule has 0 saturated carbocycles. The second kappa shape index (κ2) is 5.59. The maximum atomic E-state index is 11.5. The summed E-state index contributed by atoms with van der Waals surface area (Å²) in [5, 5.41) is 0.703. The maximum Gasteiger partial charge on any atom is 0.181 e. The summed E-state index contributed by atoms with van der Waals surface area (Å²) >= 11 is 17.2. The topological polar surface area (TPSA) is 26.3 Å². The molecule has 0 N–H and O–H groups in total. The SMILES string of the molecule is CCOc1c(Cl)cc(Cl)cc1C(=O)CCl. The van der Waals surface area contributed by atoms with Gasteiger partial charge in [-0.25, -0.2) is 0 Å². The zero-order chi connectivity index (χ0) is 11.4. The molecule has 0 spiro atoms. The quantitative estimate of drug-likeness (QED) is 0.612. The van der Waals surface area contributed by atoms with Crippen LogP contribution in [-0.4, -0.2) is 18.3 Å². The molecule has 15 heavy (non-hydrogen) atoms. The predicted octanol–water partition coefficient (Wildman–Crippen LogP) is 3.81. The Morgan fingerprint density at radius 3 is 2.60 bits per heavy atom. The molecular formula is C10H9Cl3O2. The van der Waals surface area contributed by atoms with E-state index in [2.05, 4.69) is 0 Å². The van der Waals surface area contributed by atoms with E-state index < -0.39 is 0 Å². The lowest BCUT2D eigenvalue weighted by Gasteiger charge is -2.10. The van der Waals surface area contributed by atoms with Crippen LogP contribution in [0.3, 0.4) is 0 Å². The van der Waals surface area contributed by atoms with E-state index in [-0.39, 0.29) is 11.7 Å². The summed E-state index contributed by atoms with van der Waals surface area (Å²) in [6.45, 7) is 2.23.